The zero-order chi connectivity index (χ0) is 29.6. The number of alkyl halides is 3. The van der Waals surface area contributed by atoms with Gasteiger partial charge in [-0.1, -0.05) is 6.07 Å². The van der Waals surface area contributed by atoms with Gasteiger partial charge in [-0.25, -0.2) is 8.78 Å². The van der Waals surface area contributed by atoms with E-state index >= 15 is 0 Å². The summed E-state index contributed by atoms with van der Waals surface area (Å²) in [5.41, 5.74) is 0.135. The Bertz CT molecular complexity index is 1730. The third kappa shape index (κ3) is 5.10. The van der Waals surface area contributed by atoms with Crippen LogP contribution < -0.4 is 10.6 Å². The van der Waals surface area contributed by atoms with Crippen LogP contribution in [0.1, 0.15) is 54.7 Å². The molecule has 41 heavy (non-hydrogen) atoms. The van der Waals surface area contributed by atoms with E-state index in [-0.39, 0.29) is 47.9 Å². The lowest BCUT2D eigenvalue weighted by Crippen LogP contribution is -2.21. The Morgan fingerprint density at radius 3 is 2.61 bits per heavy atom. The molecule has 1 aliphatic rings. The largest absolute Gasteiger partial charge is 0.467 e. The maximum atomic E-state index is 14.3. The zero-order valence-corrected chi connectivity index (χ0v) is 21.5. The monoisotopic (exact) mass is 572 g/mol. The summed E-state index contributed by atoms with van der Waals surface area (Å²) >= 11 is 0. The smallest absolute Gasteiger partial charge is 0.416 e. The van der Waals surface area contributed by atoms with Crippen molar-refractivity contribution in [2.75, 3.05) is 11.9 Å². The fourth-order valence-electron chi connectivity index (χ4n) is 5.04. The van der Waals surface area contributed by atoms with Crippen molar-refractivity contribution in [1.82, 2.24) is 15.1 Å². The summed E-state index contributed by atoms with van der Waals surface area (Å²) in [7, 11) is 1.60. The first-order valence-electron chi connectivity index (χ1n) is 12.2. The number of amides is 2. The quantitative estimate of drug-likeness (QED) is 0.185. The minimum atomic E-state index is -4.90. The SMILES string of the molecule is Cc1ccc(F)cc1C1NC(=O)c2c1c(NC(=O)c1cc(F)cc(C(F)(F)F)c1)cc1c(CCOC=O)n(C)nc21. The van der Waals surface area contributed by atoms with Crippen LogP contribution in [0.4, 0.5) is 27.6 Å². The summed E-state index contributed by atoms with van der Waals surface area (Å²) in [6.07, 6.45) is -4.72. The molecule has 0 radical (unpaired) electrons. The highest BCUT2D eigenvalue weighted by Gasteiger charge is 2.38. The van der Waals surface area contributed by atoms with Crippen molar-refractivity contribution in [2.24, 2.45) is 7.05 Å². The lowest BCUT2D eigenvalue weighted by Gasteiger charge is -2.19. The lowest BCUT2D eigenvalue weighted by atomic mass is 9.91. The van der Waals surface area contributed by atoms with Crippen LogP contribution in [0.25, 0.3) is 10.9 Å². The minimum Gasteiger partial charge on any atom is -0.467 e. The molecule has 1 aliphatic heterocycles. The van der Waals surface area contributed by atoms with Crippen molar-refractivity contribution in [3.05, 3.63) is 93.2 Å². The number of nitrogens with one attached hydrogen (secondary N) is 2. The highest BCUT2D eigenvalue weighted by Crippen LogP contribution is 2.42. The normalized spacial score (nSPS) is 14.6. The fraction of sp³-hybridized carbons (Fsp3) is 0.214. The Kier molecular flexibility index (Phi) is 6.97. The highest BCUT2D eigenvalue weighted by atomic mass is 19.4. The molecular formula is C28H21F5N4O4. The van der Waals surface area contributed by atoms with Crippen LogP contribution >= 0.6 is 0 Å². The van der Waals surface area contributed by atoms with Crippen LogP contribution in [0.2, 0.25) is 0 Å². The molecule has 0 aliphatic carbocycles. The maximum Gasteiger partial charge on any atom is 0.416 e. The van der Waals surface area contributed by atoms with Crippen LogP contribution in [0, 0.1) is 18.6 Å². The van der Waals surface area contributed by atoms with E-state index in [2.05, 4.69) is 15.7 Å². The van der Waals surface area contributed by atoms with Crippen LogP contribution in [0.5, 0.6) is 0 Å². The molecule has 0 fully saturated rings. The van der Waals surface area contributed by atoms with Gasteiger partial charge in [-0.2, -0.15) is 18.3 Å². The first kappa shape index (κ1) is 27.7. The number of aryl methyl sites for hydroxylation is 2. The molecule has 0 saturated heterocycles. The fourth-order valence-corrected chi connectivity index (χ4v) is 5.04. The van der Waals surface area contributed by atoms with Gasteiger partial charge in [0, 0.05) is 41.4 Å². The number of rotatable bonds is 7. The molecule has 5 rings (SSSR count). The molecule has 2 heterocycles. The van der Waals surface area contributed by atoms with Gasteiger partial charge in [-0.05, 0) is 54.4 Å². The van der Waals surface area contributed by atoms with Gasteiger partial charge in [0.25, 0.3) is 18.3 Å². The Balaban J connectivity index is 1.70. The number of carbonyl (C=O) groups is 3. The Morgan fingerprint density at radius 2 is 1.90 bits per heavy atom. The summed E-state index contributed by atoms with van der Waals surface area (Å²) in [5.74, 6) is -3.48. The van der Waals surface area contributed by atoms with Gasteiger partial charge in [-0.15, -0.1) is 0 Å². The first-order chi connectivity index (χ1) is 19.4. The number of fused-ring (bicyclic) bond motifs is 3. The Morgan fingerprint density at radius 1 is 1.15 bits per heavy atom. The summed E-state index contributed by atoms with van der Waals surface area (Å²) < 4.78 is 74.5. The van der Waals surface area contributed by atoms with Crippen LogP contribution in [0.15, 0.2) is 42.5 Å². The second-order valence-electron chi connectivity index (χ2n) is 9.48. The van der Waals surface area contributed by atoms with Crippen molar-refractivity contribution >= 4 is 34.9 Å². The number of carbonyl (C=O) groups excluding carboxylic acids is 3. The van der Waals surface area contributed by atoms with Crippen molar-refractivity contribution < 1.29 is 41.1 Å². The molecule has 13 heteroatoms. The number of hydrogen-bond acceptors (Lipinski definition) is 5. The van der Waals surface area contributed by atoms with Gasteiger partial charge in [0.1, 0.15) is 17.2 Å². The average Bonchev–Trinajstić information content (AvgIpc) is 3.41. The molecular weight excluding hydrogens is 551 g/mol. The highest BCUT2D eigenvalue weighted by molar-refractivity contribution is 6.15. The van der Waals surface area contributed by atoms with Crippen molar-refractivity contribution in [3.8, 4) is 0 Å². The number of aromatic nitrogens is 2. The molecule has 0 saturated carbocycles. The topological polar surface area (TPSA) is 102 Å². The van der Waals surface area contributed by atoms with Crippen molar-refractivity contribution in [3.63, 3.8) is 0 Å². The number of ether oxygens (including phenoxy) is 1. The van der Waals surface area contributed by atoms with Gasteiger partial charge in [0.05, 0.1) is 23.8 Å². The predicted octanol–water partition coefficient (Wildman–Crippen LogP) is 4.98. The molecule has 212 valence electrons. The van der Waals surface area contributed by atoms with Crippen LogP contribution in [-0.4, -0.2) is 34.7 Å². The number of halogens is 5. The number of benzene rings is 3. The van der Waals surface area contributed by atoms with E-state index < -0.39 is 46.8 Å². The van der Waals surface area contributed by atoms with E-state index in [1.807, 2.05) is 0 Å². The first-order valence-corrected chi connectivity index (χ1v) is 12.2. The van der Waals surface area contributed by atoms with E-state index in [0.29, 0.717) is 34.3 Å². The molecule has 2 N–H and O–H groups in total. The van der Waals surface area contributed by atoms with Gasteiger partial charge in [0.15, 0.2) is 0 Å². The van der Waals surface area contributed by atoms with E-state index in [1.165, 1.54) is 28.9 Å². The second-order valence-corrected chi connectivity index (χ2v) is 9.48. The number of nitrogens with zero attached hydrogens (tertiary/aromatic N) is 2. The summed E-state index contributed by atoms with van der Waals surface area (Å²) in [6.45, 7) is 1.96. The predicted molar refractivity (Wildman–Crippen MR) is 136 cm³/mol. The molecule has 2 amide bonds. The molecule has 1 aromatic heterocycles. The third-order valence-electron chi connectivity index (χ3n) is 6.90. The minimum absolute atomic E-state index is 0.0161. The molecule has 0 spiro atoms. The van der Waals surface area contributed by atoms with Gasteiger partial charge in [-0.3, -0.25) is 19.1 Å². The molecule has 3 aromatic carbocycles. The van der Waals surface area contributed by atoms with Crippen LogP contribution in [-0.2, 0) is 29.2 Å². The Labute approximate surface area is 229 Å². The second kappa shape index (κ2) is 10.3. The van der Waals surface area contributed by atoms with Gasteiger partial charge < -0.3 is 15.4 Å². The zero-order valence-electron chi connectivity index (χ0n) is 21.5. The van der Waals surface area contributed by atoms with Gasteiger partial charge >= 0.3 is 6.18 Å². The van der Waals surface area contributed by atoms with E-state index in [1.54, 1.807) is 14.0 Å². The summed E-state index contributed by atoms with van der Waals surface area (Å²) in [5, 5.41) is 10.2. The Hall–Kier alpha value is -4.81. The number of anilines is 1. The third-order valence-corrected chi connectivity index (χ3v) is 6.90. The van der Waals surface area contributed by atoms with E-state index in [0.717, 1.165) is 0 Å². The number of hydrogen-bond donors (Lipinski definition) is 2. The molecule has 1 atom stereocenters. The summed E-state index contributed by atoms with van der Waals surface area (Å²) in [6, 6.07) is 5.98. The average molecular weight is 572 g/mol. The van der Waals surface area contributed by atoms with Crippen molar-refractivity contribution in [1.29, 1.82) is 0 Å². The standard InChI is InChI=1S/C28H21F5N4O4/c1-13-3-4-16(29)10-18(13)24-22-20(34-26(39)14-7-15(28(31,32)33)9-17(30)8-14)11-19-21(5-6-41-12-38)37(2)36-25(19)23(22)27(40)35-24/h3-4,7-12,24H,5-6H2,1-2H3,(H,34,39)(H,35,40). The molecule has 1 unspecified atom stereocenters. The molecule has 0 bridgehead atoms. The van der Waals surface area contributed by atoms with E-state index in [4.69, 9.17) is 4.74 Å². The van der Waals surface area contributed by atoms with E-state index in [9.17, 15) is 36.3 Å². The molecule has 4 aromatic rings. The molecule has 8 nitrogen and oxygen atoms in total. The lowest BCUT2D eigenvalue weighted by molar-refractivity contribution is -0.137. The van der Waals surface area contributed by atoms with Crippen molar-refractivity contribution in [2.45, 2.75) is 25.6 Å². The van der Waals surface area contributed by atoms with Gasteiger partial charge in [0.2, 0.25) is 0 Å². The van der Waals surface area contributed by atoms with Crippen LogP contribution in [0.3, 0.4) is 0 Å². The summed E-state index contributed by atoms with van der Waals surface area (Å²) in [4.78, 5) is 37.2. The maximum absolute atomic E-state index is 14.3.